The van der Waals surface area contributed by atoms with Crippen molar-refractivity contribution < 1.29 is 4.42 Å². The maximum Gasteiger partial charge on any atom is 0.121 e. The summed E-state index contributed by atoms with van der Waals surface area (Å²) in [4.78, 5) is 2.45. The molecule has 0 bridgehead atoms. The van der Waals surface area contributed by atoms with E-state index < -0.39 is 0 Å². The Labute approximate surface area is 91.2 Å². The third kappa shape index (κ3) is 1.94. The zero-order valence-corrected chi connectivity index (χ0v) is 9.57. The van der Waals surface area contributed by atoms with Crippen LogP contribution < -0.4 is 5.73 Å². The fraction of sp³-hybridized carbons (Fsp3) is 0.667. The van der Waals surface area contributed by atoms with Gasteiger partial charge in [0.1, 0.15) is 11.5 Å². The van der Waals surface area contributed by atoms with Crippen molar-refractivity contribution in [3.63, 3.8) is 0 Å². The number of likely N-dealkylation sites (tertiary alicyclic amines) is 1. The predicted octanol–water partition coefficient (Wildman–Crippen LogP) is 1.93. The summed E-state index contributed by atoms with van der Waals surface area (Å²) in [7, 11) is 0. The lowest BCUT2D eigenvalue weighted by Gasteiger charge is -2.24. The van der Waals surface area contributed by atoms with Gasteiger partial charge in [-0.2, -0.15) is 0 Å². The molecule has 0 aliphatic carbocycles. The second-order valence-electron chi connectivity index (χ2n) is 4.31. The molecule has 0 saturated carbocycles. The van der Waals surface area contributed by atoms with E-state index in [4.69, 9.17) is 10.2 Å². The van der Waals surface area contributed by atoms with Gasteiger partial charge in [0.15, 0.2) is 0 Å². The van der Waals surface area contributed by atoms with E-state index in [2.05, 4.69) is 17.9 Å². The Morgan fingerprint density at radius 1 is 1.53 bits per heavy atom. The maximum atomic E-state index is 5.82. The molecule has 0 spiro atoms. The van der Waals surface area contributed by atoms with Crippen LogP contribution in [0, 0.1) is 12.8 Å². The van der Waals surface area contributed by atoms with E-state index in [1.165, 1.54) is 6.42 Å². The quantitative estimate of drug-likeness (QED) is 0.825. The first-order chi connectivity index (χ1) is 7.26. The summed E-state index contributed by atoms with van der Waals surface area (Å²) < 4.78 is 5.73. The molecule has 1 aromatic rings. The van der Waals surface area contributed by atoms with Crippen molar-refractivity contribution in [3.05, 3.63) is 23.7 Å². The molecule has 1 aliphatic heterocycles. The van der Waals surface area contributed by atoms with Crippen LogP contribution in [0.2, 0.25) is 0 Å². The number of hydrogen-bond donors (Lipinski definition) is 1. The molecule has 0 amide bonds. The normalized spacial score (nSPS) is 27.4. The number of furan rings is 1. The van der Waals surface area contributed by atoms with E-state index in [9.17, 15) is 0 Å². The zero-order valence-electron chi connectivity index (χ0n) is 9.57. The van der Waals surface area contributed by atoms with Gasteiger partial charge in [0.25, 0.3) is 0 Å². The van der Waals surface area contributed by atoms with Crippen molar-refractivity contribution >= 4 is 0 Å². The van der Waals surface area contributed by atoms with Crippen LogP contribution in [0.3, 0.4) is 0 Å². The molecule has 0 radical (unpaired) electrons. The molecule has 0 aromatic carbocycles. The van der Waals surface area contributed by atoms with Gasteiger partial charge in [-0.25, -0.2) is 0 Å². The maximum absolute atomic E-state index is 5.82. The van der Waals surface area contributed by atoms with Gasteiger partial charge in [-0.05, 0) is 51.0 Å². The fourth-order valence-electron chi connectivity index (χ4n) is 2.55. The van der Waals surface area contributed by atoms with Gasteiger partial charge in [0.05, 0.1) is 6.04 Å². The van der Waals surface area contributed by atoms with Gasteiger partial charge in [0, 0.05) is 0 Å². The number of nitrogens with two attached hydrogens (primary N) is 1. The van der Waals surface area contributed by atoms with Gasteiger partial charge in [-0.1, -0.05) is 6.92 Å². The van der Waals surface area contributed by atoms with E-state index in [0.29, 0.717) is 12.0 Å². The molecule has 1 fully saturated rings. The molecule has 15 heavy (non-hydrogen) atoms. The van der Waals surface area contributed by atoms with E-state index in [-0.39, 0.29) is 0 Å². The third-order valence-corrected chi connectivity index (χ3v) is 3.39. The number of nitrogens with zero attached hydrogens (tertiary/aromatic N) is 1. The Hall–Kier alpha value is -0.800. The largest absolute Gasteiger partial charge is 0.465 e. The van der Waals surface area contributed by atoms with Gasteiger partial charge >= 0.3 is 0 Å². The molecule has 2 atom stereocenters. The van der Waals surface area contributed by atoms with Crippen molar-refractivity contribution in [2.45, 2.75) is 26.3 Å². The summed E-state index contributed by atoms with van der Waals surface area (Å²) >= 11 is 0. The average molecular weight is 208 g/mol. The smallest absolute Gasteiger partial charge is 0.121 e. The first-order valence-electron chi connectivity index (χ1n) is 5.76. The van der Waals surface area contributed by atoms with Crippen molar-refractivity contribution in [2.75, 3.05) is 19.6 Å². The molecular weight excluding hydrogens is 188 g/mol. The molecule has 2 heterocycles. The Bertz CT molecular complexity index is 309. The Balaban J connectivity index is 2.22. The van der Waals surface area contributed by atoms with Crippen molar-refractivity contribution in [2.24, 2.45) is 11.7 Å². The lowest BCUT2D eigenvalue weighted by molar-refractivity contribution is 0.208. The van der Waals surface area contributed by atoms with Crippen LogP contribution in [0.15, 0.2) is 16.5 Å². The van der Waals surface area contributed by atoms with E-state index in [1.807, 2.05) is 13.0 Å². The first kappa shape index (κ1) is 10.7. The third-order valence-electron chi connectivity index (χ3n) is 3.39. The van der Waals surface area contributed by atoms with Crippen LogP contribution >= 0.6 is 0 Å². The number of aryl methyl sites for hydroxylation is 1. The molecule has 84 valence electrons. The topological polar surface area (TPSA) is 42.4 Å². The molecule has 3 heteroatoms. The lowest BCUT2D eigenvalue weighted by Crippen LogP contribution is -2.27. The van der Waals surface area contributed by atoms with Gasteiger partial charge in [-0.15, -0.1) is 0 Å². The summed E-state index contributed by atoms with van der Waals surface area (Å²) in [6, 6.07) is 4.53. The zero-order chi connectivity index (χ0) is 10.8. The Morgan fingerprint density at radius 2 is 2.33 bits per heavy atom. The summed E-state index contributed by atoms with van der Waals surface area (Å²) in [5.41, 5.74) is 5.82. The molecule has 1 aromatic heterocycles. The Morgan fingerprint density at radius 3 is 2.87 bits per heavy atom. The molecular formula is C12H20N2O. The van der Waals surface area contributed by atoms with E-state index in [1.54, 1.807) is 0 Å². The second kappa shape index (κ2) is 4.37. The fourth-order valence-corrected chi connectivity index (χ4v) is 2.55. The summed E-state index contributed by atoms with van der Waals surface area (Å²) in [5.74, 6) is 2.63. The SMILES string of the molecule is CCN1CCC(CN)C1c1ccc(C)o1. The van der Waals surface area contributed by atoms with Crippen molar-refractivity contribution in [1.29, 1.82) is 0 Å². The first-order valence-corrected chi connectivity index (χ1v) is 5.76. The van der Waals surface area contributed by atoms with Gasteiger partial charge in [-0.3, -0.25) is 4.90 Å². The summed E-state index contributed by atoms with van der Waals surface area (Å²) in [6.07, 6.45) is 1.19. The second-order valence-corrected chi connectivity index (χ2v) is 4.31. The number of rotatable bonds is 3. The summed E-state index contributed by atoms with van der Waals surface area (Å²) in [5, 5.41) is 0. The molecule has 1 saturated heterocycles. The van der Waals surface area contributed by atoms with Crippen LogP contribution in [0.25, 0.3) is 0 Å². The molecule has 1 aliphatic rings. The molecule has 3 nitrogen and oxygen atoms in total. The van der Waals surface area contributed by atoms with Crippen LogP contribution in [-0.2, 0) is 0 Å². The highest BCUT2D eigenvalue weighted by molar-refractivity contribution is 5.13. The molecule has 2 unspecified atom stereocenters. The predicted molar refractivity (Wildman–Crippen MR) is 60.6 cm³/mol. The minimum absolute atomic E-state index is 0.397. The van der Waals surface area contributed by atoms with E-state index >= 15 is 0 Å². The van der Waals surface area contributed by atoms with Crippen LogP contribution in [0.4, 0.5) is 0 Å². The summed E-state index contributed by atoms with van der Waals surface area (Å²) in [6.45, 7) is 7.15. The van der Waals surface area contributed by atoms with Crippen molar-refractivity contribution in [1.82, 2.24) is 4.90 Å². The highest BCUT2D eigenvalue weighted by Gasteiger charge is 2.35. The van der Waals surface area contributed by atoms with Crippen molar-refractivity contribution in [3.8, 4) is 0 Å². The van der Waals surface area contributed by atoms with Crippen LogP contribution in [0.5, 0.6) is 0 Å². The standard InChI is InChI=1S/C12H20N2O/c1-3-14-7-6-10(8-13)12(14)11-5-4-9(2)15-11/h4-5,10,12H,3,6-8,13H2,1-2H3. The lowest BCUT2D eigenvalue weighted by atomic mass is 9.98. The minimum atomic E-state index is 0.397. The average Bonchev–Trinajstić information content (AvgIpc) is 2.82. The molecule has 2 N–H and O–H groups in total. The Kier molecular flexibility index (Phi) is 3.12. The highest BCUT2D eigenvalue weighted by atomic mass is 16.3. The highest BCUT2D eigenvalue weighted by Crippen LogP contribution is 2.36. The monoisotopic (exact) mass is 208 g/mol. The minimum Gasteiger partial charge on any atom is -0.465 e. The molecule has 2 rings (SSSR count). The van der Waals surface area contributed by atoms with Crippen LogP contribution in [0.1, 0.15) is 30.9 Å². The number of hydrogen-bond acceptors (Lipinski definition) is 3. The van der Waals surface area contributed by atoms with E-state index in [0.717, 1.165) is 31.2 Å². The van der Waals surface area contributed by atoms with Gasteiger partial charge < -0.3 is 10.2 Å². The van der Waals surface area contributed by atoms with Gasteiger partial charge in [0.2, 0.25) is 0 Å². The van der Waals surface area contributed by atoms with Crippen LogP contribution in [-0.4, -0.2) is 24.5 Å².